The van der Waals surface area contributed by atoms with Crippen molar-refractivity contribution in [2.45, 2.75) is 26.7 Å². The van der Waals surface area contributed by atoms with Gasteiger partial charge in [-0.2, -0.15) is 5.10 Å². The molecule has 5 heteroatoms. The number of likely N-dealkylation sites (N-methyl/N-ethyl adjacent to an activating group) is 1. The zero-order valence-electron chi connectivity index (χ0n) is 12.2. The normalized spacial score (nSPS) is 15.9. The van der Waals surface area contributed by atoms with Crippen LogP contribution in [0.3, 0.4) is 0 Å². The molecular weight excluding hydrogens is 240 g/mol. The van der Waals surface area contributed by atoms with Crippen molar-refractivity contribution in [3.63, 3.8) is 0 Å². The first-order chi connectivity index (χ1) is 9.11. The van der Waals surface area contributed by atoms with Gasteiger partial charge in [-0.25, -0.2) is 0 Å². The zero-order chi connectivity index (χ0) is 13.8. The predicted molar refractivity (Wildman–Crippen MR) is 75.2 cm³/mol. The van der Waals surface area contributed by atoms with Gasteiger partial charge < -0.3 is 9.80 Å². The molecule has 1 aromatic rings. The Hall–Kier alpha value is -1.36. The molecule has 0 radical (unpaired) electrons. The van der Waals surface area contributed by atoms with Crippen molar-refractivity contribution in [3.05, 3.63) is 17.5 Å². The summed E-state index contributed by atoms with van der Waals surface area (Å²) < 4.78 is 1.71. The average molecular weight is 264 g/mol. The highest BCUT2D eigenvalue weighted by atomic mass is 16.2. The van der Waals surface area contributed by atoms with E-state index in [0.29, 0.717) is 0 Å². The molecule has 0 atom stereocenters. The van der Waals surface area contributed by atoms with Gasteiger partial charge in [0.15, 0.2) is 0 Å². The van der Waals surface area contributed by atoms with Gasteiger partial charge in [0.25, 0.3) is 5.91 Å². The number of hydrogen-bond donors (Lipinski definition) is 0. The van der Waals surface area contributed by atoms with Crippen LogP contribution >= 0.6 is 0 Å². The molecule has 2 heterocycles. The lowest BCUT2D eigenvalue weighted by atomic mass is 10.2. The van der Waals surface area contributed by atoms with Gasteiger partial charge in [0.1, 0.15) is 0 Å². The van der Waals surface area contributed by atoms with Crippen molar-refractivity contribution in [3.8, 4) is 0 Å². The maximum Gasteiger partial charge on any atom is 0.257 e. The van der Waals surface area contributed by atoms with Crippen LogP contribution in [0, 0.1) is 6.92 Å². The van der Waals surface area contributed by atoms with E-state index in [9.17, 15) is 4.79 Å². The second-order valence-electron chi connectivity index (χ2n) is 5.24. The Labute approximate surface area is 115 Å². The lowest BCUT2D eigenvalue weighted by molar-refractivity contribution is 0.0749. The summed E-state index contributed by atoms with van der Waals surface area (Å²) in [5.74, 6) is 0.104. The van der Waals surface area contributed by atoms with Crippen LogP contribution in [-0.4, -0.2) is 58.2 Å². The van der Waals surface area contributed by atoms with Crippen LogP contribution in [0.5, 0.6) is 0 Å². The molecule has 1 saturated heterocycles. The van der Waals surface area contributed by atoms with Crippen molar-refractivity contribution in [2.24, 2.45) is 7.05 Å². The SMILES string of the molecule is CCN(CCN1CCCC1)C(=O)c1cn(C)nc1C. The van der Waals surface area contributed by atoms with Gasteiger partial charge in [0.2, 0.25) is 0 Å². The molecular formula is C14H24N4O. The Balaban J connectivity index is 1.96. The van der Waals surface area contributed by atoms with Crippen LogP contribution < -0.4 is 0 Å². The highest BCUT2D eigenvalue weighted by Crippen LogP contribution is 2.11. The van der Waals surface area contributed by atoms with Crippen molar-refractivity contribution < 1.29 is 4.79 Å². The molecule has 0 aliphatic carbocycles. The molecule has 5 nitrogen and oxygen atoms in total. The second-order valence-corrected chi connectivity index (χ2v) is 5.24. The summed E-state index contributed by atoms with van der Waals surface area (Å²) in [4.78, 5) is 16.8. The number of nitrogens with zero attached hydrogens (tertiary/aromatic N) is 4. The fourth-order valence-electron chi connectivity index (χ4n) is 2.65. The van der Waals surface area contributed by atoms with Gasteiger partial charge in [0, 0.05) is 32.9 Å². The molecule has 0 saturated carbocycles. The van der Waals surface area contributed by atoms with Crippen molar-refractivity contribution in [1.82, 2.24) is 19.6 Å². The third-order valence-electron chi connectivity index (χ3n) is 3.80. The van der Waals surface area contributed by atoms with E-state index in [1.54, 1.807) is 4.68 Å². The summed E-state index contributed by atoms with van der Waals surface area (Å²) in [7, 11) is 1.85. The Morgan fingerprint density at radius 2 is 2.11 bits per heavy atom. The highest BCUT2D eigenvalue weighted by Gasteiger charge is 2.20. The molecule has 0 aromatic carbocycles. The van der Waals surface area contributed by atoms with Gasteiger partial charge in [-0.3, -0.25) is 9.48 Å². The van der Waals surface area contributed by atoms with Gasteiger partial charge in [-0.05, 0) is 39.8 Å². The molecule has 0 spiro atoms. The monoisotopic (exact) mass is 264 g/mol. The molecule has 106 valence electrons. The summed E-state index contributed by atoms with van der Waals surface area (Å²) in [5, 5.41) is 4.25. The Kier molecular flexibility index (Phi) is 4.58. The first-order valence-corrected chi connectivity index (χ1v) is 7.13. The minimum absolute atomic E-state index is 0.104. The number of aromatic nitrogens is 2. The molecule has 1 aliphatic heterocycles. The van der Waals surface area contributed by atoms with Crippen molar-refractivity contribution in [1.29, 1.82) is 0 Å². The van der Waals surface area contributed by atoms with Gasteiger partial charge >= 0.3 is 0 Å². The molecule has 1 fully saturated rings. The van der Waals surface area contributed by atoms with E-state index in [2.05, 4.69) is 10.00 Å². The fourth-order valence-corrected chi connectivity index (χ4v) is 2.65. The van der Waals surface area contributed by atoms with E-state index in [1.807, 2.05) is 32.0 Å². The highest BCUT2D eigenvalue weighted by molar-refractivity contribution is 5.95. The van der Waals surface area contributed by atoms with Gasteiger partial charge in [0.05, 0.1) is 11.3 Å². The third-order valence-corrected chi connectivity index (χ3v) is 3.80. The molecule has 1 amide bonds. The molecule has 0 unspecified atom stereocenters. The average Bonchev–Trinajstić information content (AvgIpc) is 2.99. The summed E-state index contributed by atoms with van der Waals surface area (Å²) in [6.45, 7) is 8.83. The molecule has 1 aromatic heterocycles. The summed E-state index contributed by atoms with van der Waals surface area (Å²) in [6.07, 6.45) is 4.40. The van der Waals surface area contributed by atoms with E-state index >= 15 is 0 Å². The number of rotatable bonds is 5. The fraction of sp³-hybridized carbons (Fsp3) is 0.714. The smallest absolute Gasteiger partial charge is 0.257 e. The standard InChI is InChI=1S/C14H24N4O/c1-4-18(10-9-17-7-5-6-8-17)14(19)13-11-16(3)15-12(13)2/h11H,4-10H2,1-3H3. The topological polar surface area (TPSA) is 41.4 Å². The maximum atomic E-state index is 12.5. The first kappa shape index (κ1) is 14.1. The minimum Gasteiger partial charge on any atom is -0.338 e. The number of aryl methyl sites for hydroxylation is 2. The van der Waals surface area contributed by atoms with Crippen LogP contribution in [0.15, 0.2) is 6.20 Å². The van der Waals surface area contributed by atoms with Gasteiger partial charge in [-0.15, -0.1) is 0 Å². The summed E-state index contributed by atoms with van der Waals surface area (Å²) in [6, 6.07) is 0. The van der Waals surface area contributed by atoms with Gasteiger partial charge in [-0.1, -0.05) is 0 Å². The Morgan fingerprint density at radius 3 is 2.63 bits per heavy atom. The minimum atomic E-state index is 0.104. The summed E-state index contributed by atoms with van der Waals surface area (Å²) >= 11 is 0. The van der Waals surface area contributed by atoms with Crippen molar-refractivity contribution in [2.75, 3.05) is 32.7 Å². The molecule has 0 N–H and O–H groups in total. The van der Waals surface area contributed by atoms with E-state index in [0.717, 1.165) is 30.9 Å². The second kappa shape index (κ2) is 6.19. The summed E-state index contributed by atoms with van der Waals surface area (Å²) in [5.41, 5.74) is 1.54. The number of carbonyl (C=O) groups is 1. The number of likely N-dealkylation sites (tertiary alicyclic amines) is 1. The lowest BCUT2D eigenvalue weighted by Gasteiger charge is -2.24. The molecule has 2 rings (SSSR count). The van der Waals surface area contributed by atoms with Crippen LogP contribution in [-0.2, 0) is 7.05 Å². The molecule has 19 heavy (non-hydrogen) atoms. The van der Waals surface area contributed by atoms with Crippen molar-refractivity contribution >= 4 is 5.91 Å². The number of amides is 1. The number of hydrogen-bond acceptors (Lipinski definition) is 3. The van der Waals surface area contributed by atoms with E-state index in [4.69, 9.17) is 0 Å². The van der Waals surface area contributed by atoms with Crippen LogP contribution in [0.4, 0.5) is 0 Å². The Bertz CT molecular complexity index is 435. The van der Waals surface area contributed by atoms with E-state index in [1.165, 1.54) is 25.9 Å². The van der Waals surface area contributed by atoms with Crippen LogP contribution in [0.2, 0.25) is 0 Å². The van der Waals surface area contributed by atoms with Crippen LogP contribution in [0.1, 0.15) is 35.8 Å². The first-order valence-electron chi connectivity index (χ1n) is 7.13. The third kappa shape index (κ3) is 3.35. The molecule has 0 bridgehead atoms. The number of carbonyl (C=O) groups excluding carboxylic acids is 1. The van der Waals surface area contributed by atoms with E-state index in [-0.39, 0.29) is 5.91 Å². The quantitative estimate of drug-likeness (QED) is 0.804. The lowest BCUT2D eigenvalue weighted by Crippen LogP contribution is -2.37. The predicted octanol–water partition coefficient (Wildman–Crippen LogP) is 1.29. The van der Waals surface area contributed by atoms with E-state index < -0.39 is 0 Å². The maximum absolute atomic E-state index is 12.5. The molecule has 1 aliphatic rings. The largest absolute Gasteiger partial charge is 0.338 e. The zero-order valence-corrected chi connectivity index (χ0v) is 12.2. The van der Waals surface area contributed by atoms with Crippen LogP contribution in [0.25, 0.3) is 0 Å². The Morgan fingerprint density at radius 1 is 1.42 bits per heavy atom.